The Bertz CT molecular complexity index is 462. The van der Waals surface area contributed by atoms with Gasteiger partial charge in [-0.2, -0.15) is 0 Å². The van der Waals surface area contributed by atoms with Crippen LogP contribution in [0.15, 0.2) is 29.3 Å². The van der Waals surface area contributed by atoms with Crippen molar-refractivity contribution in [1.82, 2.24) is 0 Å². The lowest BCUT2D eigenvalue weighted by molar-refractivity contribution is 0.127. The van der Waals surface area contributed by atoms with Gasteiger partial charge in [0.1, 0.15) is 10.9 Å². The summed E-state index contributed by atoms with van der Waals surface area (Å²) in [5.74, 6) is -0.210. The van der Waals surface area contributed by atoms with E-state index in [1.807, 2.05) is 6.07 Å². The number of aliphatic imine (C=N–C) groups is 1. The van der Waals surface area contributed by atoms with E-state index in [0.717, 1.165) is 24.3 Å². The maximum absolute atomic E-state index is 13.7. The number of thioether (sulfide) groups is 1. The summed E-state index contributed by atoms with van der Waals surface area (Å²) >= 11 is 1.62. The maximum atomic E-state index is 13.7. The van der Waals surface area contributed by atoms with Crippen LogP contribution in [0.1, 0.15) is 24.8 Å². The van der Waals surface area contributed by atoms with Gasteiger partial charge in [0.15, 0.2) is 0 Å². The first-order valence-electron chi connectivity index (χ1n) is 5.91. The number of hydrogen-bond acceptors (Lipinski definition) is 3. The normalized spacial score (nSPS) is 32.1. The smallest absolute Gasteiger partial charge is 0.133 e. The fraction of sp³-hybridized carbons (Fsp3) is 0.462. The number of aliphatic hydroxyl groups is 1. The first kappa shape index (κ1) is 11.2. The van der Waals surface area contributed by atoms with Crippen LogP contribution < -0.4 is 0 Å². The van der Waals surface area contributed by atoms with Gasteiger partial charge in [-0.3, -0.25) is 4.99 Å². The van der Waals surface area contributed by atoms with Gasteiger partial charge in [-0.15, -0.1) is 11.8 Å². The van der Waals surface area contributed by atoms with Gasteiger partial charge in [0.25, 0.3) is 0 Å². The number of hydrogen-bond donors (Lipinski definition) is 1. The van der Waals surface area contributed by atoms with E-state index in [4.69, 9.17) is 0 Å². The molecule has 2 aliphatic rings. The van der Waals surface area contributed by atoms with Crippen LogP contribution in [0.2, 0.25) is 0 Å². The molecule has 1 N–H and O–H groups in total. The second-order valence-corrected chi connectivity index (χ2v) is 5.83. The van der Waals surface area contributed by atoms with Crippen molar-refractivity contribution in [2.24, 2.45) is 4.99 Å². The molecule has 0 radical (unpaired) electrons. The molecule has 1 saturated carbocycles. The Balaban J connectivity index is 1.85. The zero-order valence-corrected chi connectivity index (χ0v) is 10.2. The average molecular weight is 251 g/mol. The summed E-state index contributed by atoms with van der Waals surface area (Å²) in [6.45, 7) is 0. The Morgan fingerprint density at radius 2 is 2.12 bits per heavy atom. The fourth-order valence-corrected chi connectivity index (χ4v) is 3.91. The fourth-order valence-electron chi connectivity index (χ4n) is 2.46. The lowest BCUT2D eigenvalue weighted by atomic mass is 9.93. The summed E-state index contributed by atoms with van der Waals surface area (Å²) in [6.07, 6.45) is 2.29. The third-order valence-electron chi connectivity index (χ3n) is 3.38. The molecule has 0 aromatic heterocycles. The molecule has 3 unspecified atom stereocenters. The summed E-state index contributed by atoms with van der Waals surface area (Å²) in [5, 5.41) is 10.8. The summed E-state index contributed by atoms with van der Waals surface area (Å²) in [5.41, 5.74) is 0.599. The lowest BCUT2D eigenvalue weighted by Gasteiger charge is -2.26. The van der Waals surface area contributed by atoms with Crippen molar-refractivity contribution in [1.29, 1.82) is 0 Å². The highest BCUT2D eigenvalue weighted by Gasteiger charge is 2.36. The topological polar surface area (TPSA) is 32.6 Å². The zero-order valence-electron chi connectivity index (χ0n) is 9.34. The quantitative estimate of drug-likeness (QED) is 0.832. The Morgan fingerprint density at radius 3 is 2.94 bits per heavy atom. The molecular formula is C13H14FNOS. The van der Waals surface area contributed by atoms with Crippen molar-refractivity contribution >= 4 is 16.8 Å². The number of rotatable bonds is 1. The Kier molecular flexibility index (Phi) is 2.92. The lowest BCUT2D eigenvalue weighted by Crippen LogP contribution is -2.30. The van der Waals surface area contributed by atoms with Gasteiger partial charge in [0.2, 0.25) is 0 Å². The van der Waals surface area contributed by atoms with Crippen molar-refractivity contribution in [3.05, 3.63) is 35.6 Å². The molecular weight excluding hydrogens is 237 g/mol. The molecule has 2 nitrogen and oxygen atoms in total. The van der Waals surface area contributed by atoms with E-state index in [1.165, 1.54) is 6.07 Å². The van der Waals surface area contributed by atoms with Crippen LogP contribution in [0.4, 0.5) is 4.39 Å². The molecule has 0 bridgehead atoms. The van der Waals surface area contributed by atoms with Gasteiger partial charge in [0.05, 0.1) is 12.1 Å². The Hall–Kier alpha value is -0.870. The molecule has 0 amide bonds. The molecule has 1 fully saturated rings. The summed E-state index contributed by atoms with van der Waals surface area (Å²) in [4.78, 5) is 4.60. The monoisotopic (exact) mass is 251 g/mol. The molecule has 1 heterocycles. The van der Waals surface area contributed by atoms with Crippen molar-refractivity contribution in [2.75, 3.05) is 0 Å². The number of benzene rings is 1. The highest BCUT2D eigenvalue weighted by atomic mass is 32.2. The SMILES string of the molecule is OC1CCC2N=C(c3ccccc3F)SC2C1. The van der Waals surface area contributed by atoms with Gasteiger partial charge in [-0.05, 0) is 31.4 Å². The highest BCUT2D eigenvalue weighted by molar-refractivity contribution is 8.15. The first-order valence-corrected chi connectivity index (χ1v) is 6.79. The minimum Gasteiger partial charge on any atom is -0.393 e. The summed E-state index contributed by atoms with van der Waals surface area (Å²) in [6, 6.07) is 7.02. The average Bonchev–Trinajstić information content (AvgIpc) is 2.72. The van der Waals surface area contributed by atoms with Crippen LogP contribution in [0.5, 0.6) is 0 Å². The first-order chi connectivity index (χ1) is 8.24. The van der Waals surface area contributed by atoms with Gasteiger partial charge < -0.3 is 5.11 Å². The molecule has 4 heteroatoms. The second-order valence-electron chi connectivity index (χ2n) is 4.60. The molecule has 1 aromatic rings. The predicted molar refractivity (Wildman–Crippen MR) is 68.0 cm³/mol. The van der Waals surface area contributed by atoms with E-state index in [1.54, 1.807) is 23.9 Å². The predicted octanol–water partition coefficient (Wildman–Crippen LogP) is 2.60. The third kappa shape index (κ3) is 2.11. The summed E-state index contributed by atoms with van der Waals surface area (Å²) < 4.78 is 13.7. The molecule has 3 atom stereocenters. The standard InChI is InChI=1S/C13H14FNOS/c14-10-4-2-1-3-9(10)13-15-11-6-5-8(16)7-12(11)17-13/h1-4,8,11-12,16H,5-7H2. The number of aliphatic hydroxyl groups excluding tert-OH is 1. The van der Waals surface area contributed by atoms with Gasteiger partial charge >= 0.3 is 0 Å². The van der Waals surface area contributed by atoms with Crippen molar-refractivity contribution in [3.63, 3.8) is 0 Å². The summed E-state index contributed by atoms with van der Waals surface area (Å²) in [7, 11) is 0. The molecule has 90 valence electrons. The van der Waals surface area contributed by atoms with Crippen molar-refractivity contribution in [3.8, 4) is 0 Å². The van der Waals surface area contributed by atoms with Gasteiger partial charge in [0, 0.05) is 10.8 Å². The minimum atomic E-state index is -0.210. The molecule has 1 aliphatic heterocycles. The molecule has 1 aliphatic carbocycles. The third-order valence-corrected chi connectivity index (χ3v) is 4.74. The van der Waals surface area contributed by atoms with Crippen LogP contribution >= 0.6 is 11.8 Å². The van der Waals surface area contributed by atoms with Crippen molar-refractivity contribution in [2.45, 2.75) is 36.7 Å². The largest absolute Gasteiger partial charge is 0.393 e. The zero-order chi connectivity index (χ0) is 11.8. The van der Waals surface area contributed by atoms with Crippen LogP contribution in [-0.2, 0) is 0 Å². The Morgan fingerprint density at radius 1 is 1.29 bits per heavy atom. The molecule has 17 heavy (non-hydrogen) atoms. The van der Waals surface area contributed by atoms with E-state index in [0.29, 0.717) is 10.8 Å². The van der Waals surface area contributed by atoms with Gasteiger partial charge in [-0.25, -0.2) is 4.39 Å². The van der Waals surface area contributed by atoms with E-state index in [9.17, 15) is 9.50 Å². The molecule has 1 aromatic carbocycles. The van der Waals surface area contributed by atoms with Gasteiger partial charge in [-0.1, -0.05) is 12.1 Å². The van der Waals surface area contributed by atoms with Crippen LogP contribution in [0.25, 0.3) is 0 Å². The van der Waals surface area contributed by atoms with E-state index in [-0.39, 0.29) is 18.0 Å². The van der Waals surface area contributed by atoms with E-state index < -0.39 is 0 Å². The van der Waals surface area contributed by atoms with Crippen LogP contribution in [0, 0.1) is 5.82 Å². The molecule has 3 rings (SSSR count). The number of nitrogens with zero attached hydrogens (tertiary/aromatic N) is 1. The number of fused-ring (bicyclic) bond motifs is 1. The second kappa shape index (κ2) is 4.42. The number of halogens is 1. The van der Waals surface area contributed by atoms with E-state index >= 15 is 0 Å². The highest BCUT2D eigenvalue weighted by Crippen LogP contribution is 2.39. The molecule has 0 spiro atoms. The molecule has 0 saturated heterocycles. The maximum Gasteiger partial charge on any atom is 0.133 e. The minimum absolute atomic E-state index is 0.209. The van der Waals surface area contributed by atoms with Crippen molar-refractivity contribution < 1.29 is 9.50 Å². The van der Waals surface area contributed by atoms with E-state index in [2.05, 4.69) is 4.99 Å². The van der Waals surface area contributed by atoms with Crippen LogP contribution in [0.3, 0.4) is 0 Å². The Labute approximate surface area is 104 Å². The van der Waals surface area contributed by atoms with Crippen LogP contribution in [-0.4, -0.2) is 27.5 Å².